The lowest BCUT2D eigenvalue weighted by Gasteiger charge is -2.33. The molecule has 0 amide bonds. The van der Waals surface area contributed by atoms with E-state index in [0.717, 1.165) is 17.8 Å². The van der Waals surface area contributed by atoms with Crippen LogP contribution in [-0.4, -0.2) is 0 Å². The molecule has 0 aliphatic heterocycles. The molecule has 0 heterocycles. The molecule has 10 rings (SSSR count). The van der Waals surface area contributed by atoms with Gasteiger partial charge >= 0.3 is 0 Å². The summed E-state index contributed by atoms with van der Waals surface area (Å²) in [4.78, 5) is 2.65. The van der Waals surface area contributed by atoms with Crippen molar-refractivity contribution in [1.29, 1.82) is 0 Å². The van der Waals surface area contributed by atoms with Gasteiger partial charge in [0.2, 0.25) is 0 Å². The molecule has 3 unspecified atom stereocenters. The van der Waals surface area contributed by atoms with Crippen LogP contribution in [0.3, 0.4) is 0 Å². The van der Waals surface area contributed by atoms with Gasteiger partial charge in [-0.2, -0.15) is 0 Å². The summed E-state index contributed by atoms with van der Waals surface area (Å²) in [5, 5.41) is 0. The molecule has 5 aromatic rings. The molecule has 1 heteroatoms. The Morgan fingerprint density at radius 1 is 0.528 bits per heavy atom. The molecule has 0 N–H and O–H groups in total. The first-order valence-corrected chi connectivity index (χ1v) is 21.4. The van der Waals surface area contributed by atoms with E-state index in [-0.39, 0.29) is 5.41 Å². The molecule has 2 bridgehead atoms. The monoisotopic (exact) mass is 695 g/mol. The molecule has 3 atom stereocenters. The molecule has 4 saturated carbocycles. The molecular formula is C52H57N. The molecule has 53 heavy (non-hydrogen) atoms. The predicted octanol–water partition coefficient (Wildman–Crippen LogP) is 15.1. The fourth-order valence-electron chi connectivity index (χ4n) is 11.9. The van der Waals surface area contributed by atoms with Gasteiger partial charge in [-0.3, -0.25) is 0 Å². The average molecular weight is 696 g/mol. The lowest BCUT2D eigenvalue weighted by molar-refractivity contribution is 0.420. The van der Waals surface area contributed by atoms with E-state index < -0.39 is 0 Å². The fourth-order valence-corrected chi connectivity index (χ4v) is 11.9. The van der Waals surface area contributed by atoms with Crippen molar-refractivity contribution >= 4 is 17.1 Å². The molecule has 5 aromatic carbocycles. The highest BCUT2D eigenvalue weighted by molar-refractivity contribution is 5.96. The van der Waals surface area contributed by atoms with E-state index in [1.807, 2.05) is 0 Å². The van der Waals surface area contributed by atoms with Gasteiger partial charge in [-0.25, -0.2) is 0 Å². The highest BCUT2D eigenvalue weighted by atomic mass is 15.1. The second-order valence-corrected chi connectivity index (χ2v) is 18.1. The normalized spacial score (nSPS) is 23.5. The van der Waals surface area contributed by atoms with Crippen molar-refractivity contribution in [2.24, 2.45) is 11.8 Å². The van der Waals surface area contributed by atoms with Crippen molar-refractivity contribution in [2.45, 2.75) is 127 Å². The molecule has 4 fully saturated rings. The van der Waals surface area contributed by atoms with Gasteiger partial charge in [0.05, 0.1) is 0 Å². The highest BCUT2D eigenvalue weighted by Crippen LogP contribution is 2.56. The van der Waals surface area contributed by atoms with Crippen LogP contribution in [0.2, 0.25) is 0 Å². The Balaban J connectivity index is 1.15. The second-order valence-electron chi connectivity index (χ2n) is 18.1. The van der Waals surface area contributed by atoms with Gasteiger partial charge < -0.3 is 4.90 Å². The molecule has 270 valence electrons. The number of benzene rings is 5. The summed E-state index contributed by atoms with van der Waals surface area (Å²) in [5.74, 6) is 3.91. The Morgan fingerprint density at radius 3 is 1.92 bits per heavy atom. The van der Waals surface area contributed by atoms with Crippen LogP contribution in [0.5, 0.6) is 0 Å². The van der Waals surface area contributed by atoms with E-state index in [4.69, 9.17) is 0 Å². The largest absolute Gasteiger partial charge is 0.310 e. The summed E-state index contributed by atoms with van der Waals surface area (Å²) >= 11 is 0. The smallest absolute Gasteiger partial charge is 0.0496 e. The van der Waals surface area contributed by atoms with Gasteiger partial charge in [-0.15, -0.1) is 0 Å². The van der Waals surface area contributed by atoms with Gasteiger partial charge in [-0.1, -0.05) is 138 Å². The van der Waals surface area contributed by atoms with Crippen LogP contribution in [0.4, 0.5) is 17.1 Å². The second kappa shape index (κ2) is 13.6. The van der Waals surface area contributed by atoms with Gasteiger partial charge in [0.15, 0.2) is 0 Å². The van der Waals surface area contributed by atoms with Crippen LogP contribution < -0.4 is 4.90 Å². The average Bonchev–Trinajstić information content (AvgIpc) is 3.92. The van der Waals surface area contributed by atoms with Crippen molar-refractivity contribution in [3.05, 3.63) is 137 Å². The van der Waals surface area contributed by atoms with Gasteiger partial charge in [-0.05, 0) is 155 Å². The van der Waals surface area contributed by atoms with Crippen LogP contribution in [0, 0.1) is 11.8 Å². The maximum absolute atomic E-state index is 2.65. The van der Waals surface area contributed by atoms with Crippen LogP contribution in [0.15, 0.2) is 109 Å². The van der Waals surface area contributed by atoms with E-state index in [1.165, 1.54) is 151 Å². The standard InChI is InChI=1S/C52H57N/c1-52(2)48-19-11-9-18-45(48)51-47(40-25-23-37(24-26-40)36-13-5-3-6-14-36)33-43(34-49(51)52)53(50-20-12-10-17-44(50)38-15-7-4-8-16-38)42-29-27-39(28-30-42)46-32-35-21-22-41(46)31-35/h9-12,17-20,23-30,33-36,38,41,46H,3-8,13-16,21-22,31-32H2,1-2H3. The lowest BCUT2D eigenvalue weighted by atomic mass is 9.81. The maximum Gasteiger partial charge on any atom is 0.0496 e. The van der Waals surface area contributed by atoms with Gasteiger partial charge in [0.1, 0.15) is 0 Å². The molecule has 0 radical (unpaired) electrons. The third-order valence-electron chi connectivity index (χ3n) is 14.8. The topological polar surface area (TPSA) is 3.24 Å². The zero-order chi connectivity index (χ0) is 35.5. The number of nitrogens with zero attached hydrogens (tertiary/aromatic N) is 1. The Hall–Kier alpha value is -4.10. The van der Waals surface area contributed by atoms with Gasteiger partial charge in [0, 0.05) is 22.5 Å². The van der Waals surface area contributed by atoms with Gasteiger partial charge in [0.25, 0.3) is 0 Å². The Morgan fingerprint density at radius 2 is 1.21 bits per heavy atom. The lowest BCUT2D eigenvalue weighted by Crippen LogP contribution is -2.18. The molecule has 0 aromatic heterocycles. The molecular weight excluding hydrogens is 639 g/mol. The summed E-state index contributed by atoms with van der Waals surface area (Å²) in [6, 6.07) is 43.5. The Kier molecular flexibility index (Phi) is 8.61. The number of fused-ring (bicyclic) bond motifs is 5. The SMILES string of the molecule is CC1(C)c2ccccc2-c2c(-c3ccc(C4CCCCC4)cc3)cc(N(c3ccc(C4CC5CCC4C5)cc3)c3ccccc3C3CCCCC3)cc21. The zero-order valence-electron chi connectivity index (χ0n) is 32.1. The van der Waals surface area contributed by atoms with E-state index >= 15 is 0 Å². The van der Waals surface area contributed by atoms with Crippen LogP contribution in [0.25, 0.3) is 22.3 Å². The van der Waals surface area contributed by atoms with Crippen molar-refractivity contribution in [1.82, 2.24) is 0 Å². The number of rotatable bonds is 7. The summed E-state index contributed by atoms with van der Waals surface area (Å²) < 4.78 is 0. The maximum atomic E-state index is 2.65. The molecule has 5 aliphatic carbocycles. The van der Waals surface area contributed by atoms with Crippen molar-refractivity contribution in [2.75, 3.05) is 4.90 Å². The molecule has 5 aliphatic rings. The van der Waals surface area contributed by atoms with Crippen LogP contribution in [-0.2, 0) is 5.41 Å². The Bertz CT molecular complexity index is 2090. The summed E-state index contributed by atoms with van der Waals surface area (Å²) in [7, 11) is 0. The minimum Gasteiger partial charge on any atom is -0.310 e. The van der Waals surface area contributed by atoms with E-state index in [2.05, 4.69) is 128 Å². The minimum absolute atomic E-state index is 0.0983. The number of hydrogen-bond acceptors (Lipinski definition) is 1. The molecule has 1 nitrogen and oxygen atoms in total. The number of hydrogen-bond donors (Lipinski definition) is 0. The van der Waals surface area contributed by atoms with E-state index in [1.54, 1.807) is 5.56 Å². The first-order chi connectivity index (χ1) is 26.0. The quantitative estimate of drug-likeness (QED) is 0.164. The molecule has 0 spiro atoms. The molecule has 0 saturated heterocycles. The fraction of sp³-hybridized carbons (Fsp3) is 0.423. The van der Waals surface area contributed by atoms with Crippen LogP contribution in [0.1, 0.15) is 149 Å². The third kappa shape index (κ3) is 5.89. The first kappa shape index (κ1) is 33.5. The van der Waals surface area contributed by atoms with Crippen molar-refractivity contribution in [3.8, 4) is 22.3 Å². The minimum atomic E-state index is -0.0983. The van der Waals surface area contributed by atoms with Crippen molar-refractivity contribution in [3.63, 3.8) is 0 Å². The predicted molar refractivity (Wildman–Crippen MR) is 224 cm³/mol. The van der Waals surface area contributed by atoms with Crippen molar-refractivity contribution < 1.29 is 0 Å². The van der Waals surface area contributed by atoms with E-state index in [0.29, 0.717) is 11.8 Å². The number of para-hydroxylation sites is 1. The highest BCUT2D eigenvalue weighted by Gasteiger charge is 2.41. The number of anilines is 3. The Labute approximate surface area is 318 Å². The first-order valence-electron chi connectivity index (χ1n) is 21.4. The summed E-state index contributed by atoms with van der Waals surface area (Å²) in [6.07, 6.45) is 19.2. The summed E-state index contributed by atoms with van der Waals surface area (Å²) in [5.41, 5.74) is 16.8. The zero-order valence-corrected chi connectivity index (χ0v) is 32.1. The third-order valence-corrected chi connectivity index (χ3v) is 14.8. The van der Waals surface area contributed by atoms with E-state index in [9.17, 15) is 0 Å². The van der Waals surface area contributed by atoms with Crippen LogP contribution >= 0.6 is 0 Å². The summed E-state index contributed by atoms with van der Waals surface area (Å²) in [6.45, 7) is 4.89.